The van der Waals surface area contributed by atoms with E-state index in [-0.39, 0.29) is 19.8 Å². The van der Waals surface area contributed by atoms with E-state index >= 15 is 0 Å². The Morgan fingerprint density at radius 3 is 2.65 bits per heavy atom. The highest BCUT2D eigenvalue weighted by Crippen LogP contribution is 2.21. The first-order valence-electron chi connectivity index (χ1n) is 6.44. The van der Waals surface area contributed by atoms with E-state index in [0.29, 0.717) is 16.7 Å². The Morgan fingerprint density at radius 1 is 1.25 bits per heavy atom. The third kappa shape index (κ3) is 3.32. The first kappa shape index (κ1) is 15.3. The quantitative estimate of drug-likeness (QED) is 0.827. The van der Waals surface area contributed by atoms with E-state index in [1.165, 1.54) is 6.07 Å². The molecular weight excluding hydrogens is 270 g/mol. The molecule has 1 aromatic rings. The van der Waals surface area contributed by atoms with Gasteiger partial charge in [-0.1, -0.05) is 18.2 Å². The van der Waals surface area contributed by atoms with Crippen molar-refractivity contribution in [3.63, 3.8) is 0 Å². The van der Waals surface area contributed by atoms with Crippen molar-refractivity contribution in [1.82, 2.24) is 0 Å². The van der Waals surface area contributed by atoms with Gasteiger partial charge < -0.3 is 19.7 Å². The average Bonchev–Trinajstić information content (AvgIpc) is 2.85. The largest absolute Gasteiger partial charge is 0.394 e. The van der Waals surface area contributed by atoms with E-state index in [2.05, 4.69) is 0 Å². The summed E-state index contributed by atoms with van der Waals surface area (Å²) in [4.78, 5) is 0. The van der Waals surface area contributed by atoms with Crippen molar-refractivity contribution in [2.45, 2.75) is 38.3 Å². The standard InChI is InChI=1S/C14H18F2O4/c15-4-9-1-2-10(11(3-9)5-16)7-19-13-8-20-12(6-17)14(13)18/h1-3,12-14,17-18H,4-8H2/t12-,13+,14-/m1/s1. The number of aliphatic hydroxyl groups excluding tert-OH is 2. The second-order valence-electron chi connectivity index (χ2n) is 4.76. The molecule has 0 aliphatic carbocycles. The first-order valence-corrected chi connectivity index (χ1v) is 6.44. The Bertz CT molecular complexity index is 441. The van der Waals surface area contributed by atoms with Crippen molar-refractivity contribution >= 4 is 0 Å². The Hall–Kier alpha value is -1.08. The zero-order valence-electron chi connectivity index (χ0n) is 11.0. The van der Waals surface area contributed by atoms with Crippen LogP contribution in [-0.2, 0) is 29.4 Å². The van der Waals surface area contributed by atoms with Crippen molar-refractivity contribution < 1.29 is 28.5 Å². The molecule has 1 aliphatic heterocycles. The smallest absolute Gasteiger partial charge is 0.115 e. The lowest BCUT2D eigenvalue weighted by Crippen LogP contribution is -2.34. The molecule has 1 aliphatic rings. The molecule has 2 rings (SSSR count). The Balaban J connectivity index is 1.97. The molecule has 6 heteroatoms. The zero-order chi connectivity index (χ0) is 14.5. The molecule has 4 nitrogen and oxygen atoms in total. The van der Waals surface area contributed by atoms with Crippen LogP contribution in [-0.4, -0.2) is 41.7 Å². The molecule has 0 aromatic heterocycles. The van der Waals surface area contributed by atoms with Gasteiger partial charge in [0.2, 0.25) is 0 Å². The molecule has 3 atom stereocenters. The third-order valence-corrected chi connectivity index (χ3v) is 3.44. The highest BCUT2D eigenvalue weighted by Gasteiger charge is 2.36. The van der Waals surface area contributed by atoms with E-state index in [1.54, 1.807) is 12.1 Å². The molecule has 2 N–H and O–H groups in total. The lowest BCUT2D eigenvalue weighted by molar-refractivity contribution is -0.0342. The average molecular weight is 288 g/mol. The summed E-state index contributed by atoms with van der Waals surface area (Å²) < 4.78 is 36.1. The normalized spacial score (nSPS) is 26.1. The molecule has 1 aromatic carbocycles. The third-order valence-electron chi connectivity index (χ3n) is 3.44. The highest BCUT2D eigenvalue weighted by atomic mass is 19.1. The van der Waals surface area contributed by atoms with Crippen LogP contribution in [0.25, 0.3) is 0 Å². The van der Waals surface area contributed by atoms with Crippen LogP contribution >= 0.6 is 0 Å². The molecule has 0 bridgehead atoms. The van der Waals surface area contributed by atoms with Crippen molar-refractivity contribution in [1.29, 1.82) is 0 Å². The SMILES string of the molecule is OC[C@H]1OC[C@H](OCc2ccc(CF)cc2CF)[C@@H]1O. The Kier molecular flexibility index (Phi) is 5.42. The summed E-state index contributed by atoms with van der Waals surface area (Å²) in [5, 5.41) is 18.8. The minimum absolute atomic E-state index is 0.106. The second kappa shape index (κ2) is 7.08. The van der Waals surface area contributed by atoms with Crippen molar-refractivity contribution in [2.24, 2.45) is 0 Å². The molecule has 0 saturated carbocycles. The van der Waals surface area contributed by atoms with Crippen molar-refractivity contribution in [3.8, 4) is 0 Å². The van der Waals surface area contributed by atoms with Gasteiger partial charge in [0.15, 0.2) is 0 Å². The van der Waals surface area contributed by atoms with Gasteiger partial charge in [0.25, 0.3) is 0 Å². The van der Waals surface area contributed by atoms with Gasteiger partial charge >= 0.3 is 0 Å². The maximum atomic E-state index is 12.9. The fourth-order valence-electron chi connectivity index (χ4n) is 2.19. The predicted molar refractivity (Wildman–Crippen MR) is 67.5 cm³/mol. The summed E-state index contributed by atoms with van der Waals surface area (Å²) in [5.74, 6) is 0. The van der Waals surface area contributed by atoms with Gasteiger partial charge in [0.05, 0.1) is 19.8 Å². The molecule has 1 heterocycles. The number of hydrogen-bond acceptors (Lipinski definition) is 4. The second-order valence-corrected chi connectivity index (χ2v) is 4.76. The molecule has 20 heavy (non-hydrogen) atoms. The number of rotatable bonds is 6. The predicted octanol–water partition coefficient (Wildman–Crippen LogP) is 1.26. The number of hydrogen-bond donors (Lipinski definition) is 2. The molecule has 0 unspecified atom stereocenters. The molecule has 0 radical (unpaired) electrons. The summed E-state index contributed by atoms with van der Waals surface area (Å²) in [6.07, 6.45) is -2.10. The molecule has 0 spiro atoms. The van der Waals surface area contributed by atoms with Crippen LogP contribution in [0.2, 0.25) is 0 Å². The topological polar surface area (TPSA) is 58.9 Å². The zero-order valence-corrected chi connectivity index (χ0v) is 11.0. The van der Waals surface area contributed by atoms with Gasteiger partial charge in [0.1, 0.15) is 31.7 Å². The molecule has 1 fully saturated rings. The summed E-state index contributed by atoms with van der Waals surface area (Å²) in [6, 6.07) is 4.67. The van der Waals surface area contributed by atoms with Gasteiger partial charge in [-0.25, -0.2) is 8.78 Å². The van der Waals surface area contributed by atoms with Crippen molar-refractivity contribution in [2.75, 3.05) is 13.2 Å². The van der Waals surface area contributed by atoms with Crippen LogP contribution < -0.4 is 0 Å². The summed E-state index contributed by atoms with van der Waals surface area (Å²) >= 11 is 0. The van der Waals surface area contributed by atoms with Gasteiger partial charge in [0, 0.05) is 0 Å². The summed E-state index contributed by atoms with van der Waals surface area (Å²) in [7, 11) is 0. The maximum absolute atomic E-state index is 12.9. The first-order chi connectivity index (χ1) is 9.69. The molecule has 1 saturated heterocycles. The van der Waals surface area contributed by atoms with E-state index in [1.807, 2.05) is 0 Å². The lowest BCUT2D eigenvalue weighted by atomic mass is 10.1. The molecular formula is C14H18F2O4. The summed E-state index contributed by atoms with van der Waals surface area (Å²) in [5.41, 5.74) is 1.42. The molecule has 0 amide bonds. The maximum Gasteiger partial charge on any atom is 0.115 e. The van der Waals surface area contributed by atoms with E-state index < -0.39 is 31.7 Å². The van der Waals surface area contributed by atoms with Crippen LogP contribution in [0.15, 0.2) is 18.2 Å². The van der Waals surface area contributed by atoms with Crippen LogP contribution in [0.5, 0.6) is 0 Å². The lowest BCUT2D eigenvalue weighted by Gasteiger charge is -2.17. The number of alkyl halides is 2. The minimum atomic E-state index is -0.904. The van der Waals surface area contributed by atoms with Crippen LogP contribution in [0, 0.1) is 0 Å². The Labute approximate surface area is 115 Å². The number of aliphatic hydroxyl groups is 2. The Morgan fingerprint density at radius 2 is 2.05 bits per heavy atom. The van der Waals surface area contributed by atoms with E-state index in [4.69, 9.17) is 14.6 Å². The van der Waals surface area contributed by atoms with Gasteiger partial charge in [-0.3, -0.25) is 0 Å². The summed E-state index contributed by atoms with van der Waals surface area (Å²) in [6.45, 7) is -1.33. The number of ether oxygens (including phenoxy) is 2. The fourth-order valence-corrected chi connectivity index (χ4v) is 2.19. The van der Waals surface area contributed by atoms with E-state index in [0.717, 1.165) is 0 Å². The van der Waals surface area contributed by atoms with Crippen LogP contribution in [0.4, 0.5) is 8.78 Å². The van der Waals surface area contributed by atoms with Crippen LogP contribution in [0.3, 0.4) is 0 Å². The minimum Gasteiger partial charge on any atom is -0.394 e. The van der Waals surface area contributed by atoms with Crippen LogP contribution in [0.1, 0.15) is 16.7 Å². The fraction of sp³-hybridized carbons (Fsp3) is 0.571. The monoisotopic (exact) mass is 288 g/mol. The number of halogens is 2. The van der Waals surface area contributed by atoms with E-state index in [9.17, 15) is 13.9 Å². The van der Waals surface area contributed by atoms with Gasteiger partial charge in [-0.05, 0) is 16.7 Å². The van der Waals surface area contributed by atoms with Crippen molar-refractivity contribution in [3.05, 3.63) is 34.9 Å². The van der Waals surface area contributed by atoms with Gasteiger partial charge in [-0.15, -0.1) is 0 Å². The highest BCUT2D eigenvalue weighted by molar-refractivity contribution is 5.31. The molecule has 112 valence electrons. The van der Waals surface area contributed by atoms with Gasteiger partial charge in [-0.2, -0.15) is 0 Å². The number of benzene rings is 1.